The van der Waals surface area contributed by atoms with E-state index >= 15 is 0 Å². The number of hydrogen-bond donors (Lipinski definition) is 1. The summed E-state index contributed by atoms with van der Waals surface area (Å²) < 4.78 is 1.66. The molecule has 0 atom stereocenters. The number of nitrogens with one attached hydrogen (secondary N) is 1. The quantitative estimate of drug-likeness (QED) is 0.463. The Morgan fingerprint density at radius 3 is 2.74 bits per heavy atom. The molecular formula is C23H21ClN4O2S. The fourth-order valence-electron chi connectivity index (χ4n) is 3.39. The van der Waals surface area contributed by atoms with Gasteiger partial charge in [0, 0.05) is 34.6 Å². The van der Waals surface area contributed by atoms with Crippen molar-refractivity contribution in [1.82, 2.24) is 14.5 Å². The highest BCUT2D eigenvalue weighted by molar-refractivity contribution is 7.15. The van der Waals surface area contributed by atoms with Gasteiger partial charge in [-0.2, -0.15) is 0 Å². The Morgan fingerprint density at radius 1 is 1.19 bits per heavy atom. The van der Waals surface area contributed by atoms with Crippen LogP contribution in [0.15, 0.2) is 47.4 Å². The van der Waals surface area contributed by atoms with E-state index in [9.17, 15) is 9.59 Å². The van der Waals surface area contributed by atoms with Crippen molar-refractivity contribution < 1.29 is 4.79 Å². The number of benzene rings is 2. The van der Waals surface area contributed by atoms with Gasteiger partial charge >= 0.3 is 0 Å². The molecule has 0 saturated carbocycles. The van der Waals surface area contributed by atoms with E-state index in [0.29, 0.717) is 40.4 Å². The van der Waals surface area contributed by atoms with Crippen LogP contribution < -0.4 is 10.9 Å². The molecule has 4 rings (SSSR count). The highest BCUT2D eigenvalue weighted by Crippen LogP contribution is 2.24. The van der Waals surface area contributed by atoms with Gasteiger partial charge in [-0.05, 0) is 56.2 Å². The zero-order valence-electron chi connectivity index (χ0n) is 17.4. The number of halogens is 1. The van der Waals surface area contributed by atoms with E-state index in [1.807, 2.05) is 32.0 Å². The second-order valence-corrected chi connectivity index (χ2v) is 8.82. The van der Waals surface area contributed by atoms with E-state index in [1.54, 1.807) is 35.9 Å². The van der Waals surface area contributed by atoms with Crippen molar-refractivity contribution in [2.45, 2.75) is 33.7 Å². The topological polar surface area (TPSA) is 76.9 Å². The number of anilines is 1. The highest BCUT2D eigenvalue weighted by Gasteiger charge is 2.13. The molecule has 8 heteroatoms. The third-order valence-corrected chi connectivity index (χ3v) is 6.40. The fourth-order valence-corrected chi connectivity index (χ4v) is 4.44. The zero-order chi connectivity index (χ0) is 22.1. The van der Waals surface area contributed by atoms with Crippen LogP contribution in [0, 0.1) is 13.8 Å². The number of nitrogens with zero attached hydrogens (tertiary/aromatic N) is 3. The second-order valence-electron chi connectivity index (χ2n) is 7.30. The Hall–Kier alpha value is -3.03. The Kier molecular flexibility index (Phi) is 5.89. The van der Waals surface area contributed by atoms with Gasteiger partial charge < -0.3 is 4.57 Å². The summed E-state index contributed by atoms with van der Waals surface area (Å²) in [5.41, 5.74) is 4.21. The Labute approximate surface area is 188 Å². The molecule has 0 unspecified atom stereocenters. The molecule has 0 aliphatic carbocycles. The molecule has 0 aliphatic heterocycles. The van der Waals surface area contributed by atoms with Gasteiger partial charge in [0.2, 0.25) is 0 Å². The van der Waals surface area contributed by atoms with Crippen LogP contribution in [-0.2, 0) is 13.0 Å². The first kappa shape index (κ1) is 21.2. The lowest BCUT2D eigenvalue weighted by atomic mass is 10.1. The molecule has 1 N–H and O–H groups in total. The number of aromatic nitrogens is 3. The largest absolute Gasteiger partial charge is 0.305 e. The maximum absolute atomic E-state index is 12.8. The first-order chi connectivity index (χ1) is 14.9. The molecule has 0 aliphatic rings. The summed E-state index contributed by atoms with van der Waals surface area (Å²) in [6, 6.07) is 11.1. The molecule has 0 saturated heterocycles. The lowest BCUT2D eigenvalue weighted by molar-refractivity contribution is 0.102. The van der Waals surface area contributed by atoms with Crippen molar-refractivity contribution in [2.24, 2.45) is 0 Å². The third kappa shape index (κ3) is 4.38. The van der Waals surface area contributed by atoms with Crippen molar-refractivity contribution in [1.29, 1.82) is 0 Å². The van der Waals surface area contributed by atoms with Gasteiger partial charge in [-0.1, -0.05) is 23.7 Å². The lowest BCUT2D eigenvalue weighted by Gasteiger charge is -2.10. The summed E-state index contributed by atoms with van der Waals surface area (Å²) in [7, 11) is 0. The van der Waals surface area contributed by atoms with Gasteiger partial charge in [0.15, 0.2) is 5.13 Å². The van der Waals surface area contributed by atoms with E-state index < -0.39 is 0 Å². The van der Waals surface area contributed by atoms with E-state index in [1.165, 1.54) is 11.3 Å². The number of aryl methyl sites for hydroxylation is 3. The minimum Gasteiger partial charge on any atom is -0.305 e. The highest BCUT2D eigenvalue weighted by atomic mass is 35.5. The molecular weight excluding hydrogens is 432 g/mol. The number of carbonyl (C=O) groups excluding carboxylic acids is 1. The van der Waals surface area contributed by atoms with Gasteiger partial charge in [0.25, 0.3) is 11.5 Å². The molecule has 0 radical (unpaired) electrons. The van der Waals surface area contributed by atoms with Crippen LogP contribution in [0.5, 0.6) is 0 Å². The average Bonchev–Trinajstić information content (AvgIpc) is 3.18. The maximum atomic E-state index is 12.8. The number of fused-ring (bicyclic) bond motifs is 1. The lowest BCUT2D eigenvalue weighted by Crippen LogP contribution is -2.23. The molecule has 0 fully saturated rings. The number of rotatable bonds is 5. The normalized spacial score (nSPS) is 11.1. The van der Waals surface area contributed by atoms with Gasteiger partial charge in [-0.3, -0.25) is 14.9 Å². The van der Waals surface area contributed by atoms with Crippen LogP contribution in [0.1, 0.15) is 39.0 Å². The SMILES string of the molecule is CCn1c(=O)c(C)nc2cc(C(=O)Nc3ncc(Cc4ccc(C)c(Cl)c4)s3)ccc21. The van der Waals surface area contributed by atoms with Crippen molar-refractivity contribution in [3.05, 3.63) is 85.2 Å². The molecule has 2 heterocycles. The van der Waals surface area contributed by atoms with E-state index in [4.69, 9.17) is 11.6 Å². The minimum atomic E-state index is -0.269. The van der Waals surface area contributed by atoms with E-state index in [0.717, 1.165) is 21.0 Å². The van der Waals surface area contributed by atoms with Crippen LogP contribution in [0.25, 0.3) is 11.0 Å². The summed E-state index contributed by atoms with van der Waals surface area (Å²) in [4.78, 5) is 34.7. The Morgan fingerprint density at radius 2 is 2.00 bits per heavy atom. The molecule has 4 aromatic rings. The van der Waals surface area contributed by atoms with Crippen molar-refractivity contribution in [3.63, 3.8) is 0 Å². The van der Waals surface area contributed by atoms with Crippen LogP contribution in [-0.4, -0.2) is 20.4 Å². The summed E-state index contributed by atoms with van der Waals surface area (Å²) in [5.74, 6) is -0.269. The van der Waals surface area contributed by atoms with Crippen molar-refractivity contribution >= 4 is 45.0 Å². The standard InChI is InChI=1S/C23H21ClN4O2S/c1-4-28-20-8-7-16(11-19(20)26-14(3)22(28)30)21(29)27-23-25-12-17(31-23)9-15-6-5-13(2)18(24)10-15/h5-8,10-12H,4,9H2,1-3H3,(H,25,27,29). The first-order valence-electron chi connectivity index (χ1n) is 9.88. The molecule has 6 nitrogen and oxygen atoms in total. The molecule has 0 bridgehead atoms. The van der Waals surface area contributed by atoms with Gasteiger partial charge in [-0.25, -0.2) is 9.97 Å². The minimum absolute atomic E-state index is 0.114. The van der Waals surface area contributed by atoms with Gasteiger partial charge in [-0.15, -0.1) is 11.3 Å². The van der Waals surface area contributed by atoms with E-state index in [2.05, 4.69) is 15.3 Å². The van der Waals surface area contributed by atoms with Crippen LogP contribution in [0.4, 0.5) is 5.13 Å². The van der Waals surface area contributed by atoms with Gasteiger partial charge in [0.05, 0.1) is 11.0 Å². The molecule has 0 spiro atoms. The average molecular weight is 453 g/mol. The van der Waals surface area contributed by atoms with Crippen molar-refractivity contribution in [2.75, 3.05) is 5.32 Å². The summed E-state index contributed by atoms with van der Waals surface area (Å²) in [6.07, 6.45) is 2.46. The van der Waals surface area contributed by atoms with Crippen LogP contribution >= 0.6 is 22.9 Å². The molecule has 2 aromatic heterocycles. The molecule has 2 aromatic carbocycles. The summed E-state index contributed by atoms with van der Waals surface area (Å²) in [6.45, 7) is 6.10. The smallest absolute Gasteiger partial charge is 0.272 e. The summed E-state index contributed by atoms with van der Waals surface area (Å²) in [5, 5.41) is 4.12. The monoisotopic (exact) mass is 452 g/mol. The third-order valence-electron chi connectivity index (χ3n) is 5.08. The number of amides is 1. The molecule has 158 valence electrons. The fraction of sp³-hybridized carbons (Fsp3) is 0.217. The predicted octanol–water partition coefficient (Wildman–Crippen LogP) is 4.99. The second kappa shape index (κ2) is 8.61. The van der Waals surface area contributed by atoms with Crippen molar-refractivity contribution in [3.8, 4) is 0 Å². The Bertz CT molecular complexity index is 1360. The first-order valence-corrected chi connectivity index (χ1v) is 11.1. The molecule has 1 amide bonds. The van der Waals surface area contributed by atoms with Gasteiger partial charge in [0.1, 0.15) is 5.69 Å². The van der Waals surface area contributed by atoms with Crippen LogP contribution in [0.3, 0.4) is 0 Å². The summed E-state index contributed by atoms with van der Waals surface area (Å²) >= 11 is 7.64. The number of thiazole rings is 1. The van der Waals surface area contributed by atoms with Crippen LogP contribution in [0.2, 0.25) is 5.02 Å². The zero-order valence-corrected chi connectivity index (χ0v) is 19.0. The molecule has 31 heavy (non-hydrogen) atoms. The predicted molar refractivity (Wildman–Crippen MR) is 125 cm³/mol. The number of carbonyl (C=O) groups is 1. The number of hydrogen-bond acceptors (Lipinski definition) is 5. The maximum Gasteiger partial charge on any atom is 0.272 e. The van der Waals surface area contributed by atoms with E-state index in [-0.39, 0.29) is 11.5 Å². The Balaban J connectivity index is 1.53.